The molecule has 132 valence electrons. The summed E-state index contributed by atoms with van der Waals surface area (Å²) in [6, 6.07) is 9.65. The van der Waals surface area contributed by atoms with Crippen molar-refractivity contribution in [3.63, 3.8) is 0 Å². The summed E-state index contributed by atoms with van der Waals surface area (Å²) < 4.78 is 16.9. The van der Waals surface area contributed by atoms with Crippen LogP contribution in [-0.2, 0) is 19.0 Å². The minimum Gasteiger partial charge on any atom is -0.469 e. The van der Waals surface area contributed by atoms with Gasteiger partial charge in [0.1, 0.15) is 5.92 Å². The number of aliphatic hydroxyl groups excluding tert-OH is 1. The van der Waals surface area contributed by atoms with E-state index >= 15 is 0 Å². The summed E-state index contributed by atoms with van der Waals surface area (Å²) in [7, 11) is 2.95. The highest BCUT2D eigenvalue weighted by molar-refractivity contribution is 5.75. The number of ether oxygens (including phenoxy) is 3. The van der Waals surface area contributed by atoms with E-state index < -0.39 is 29.9 Å². The smallest absolute Gasteiger partial charge is 0.314 e. The molecule has 0 saturated heterocycles. The molecule has 4 rings (SSSR count). The lowest BCUT2D eigenvalue weighted by Crippen LogP contribution is -2.64. The molecule has 1 N–H and O–H groups in total. The van der Waals surface area contributed by atoms with E-state index in [1.807, 2.05) is 37.3 Å². The summed E-state index contributed by atoms with van der Waals surface area (Å²) in [6.45, 7) is 2.04. The van der Waals surface area contributed by atoms with E-state index in [-0.39, 0.29) is 5.41 Å². The van der Waals surface area contributed by atoms with Gasteiger partial charge in [-0.15, -0.1) is 0 Å². The fourth-order valence-electron chi connectivity index (χ4n) is 4.28. The molecule has 3 aliphatic carbocycles. The van der Waals surface area contributed by atoms with Crippen LogP contribution in [0.15, 0.2) is 30.3 Å². The third-order valence-corrected chi connectivity index (χ3v) is 5.92. The lowest BCUT2D eigenvalue weighted by molar-refractivity contribution is -0.283. The van der Waals surface area contributed by atoms with Gasteiger partial charge >= 0.3 is 5.97 Å². The summed E-state index contributed by atoms with van der Waals surface area (Å²) in [6.07, 6.45) is 1.74. The lowest BCUT2D eigenvalue weighted by Gasteiger charge is -2.58. The maximum Gasteiger partial charge on any atom is 0.314 e. The van der Waals surface area contributed by atoms with Gasteiger partial charge < -0.3 is 19.3 Å². The van der Waals surface area contributed by atoms with Crippen molar-refractivity contribution in [1.29, 1.82) is 0 Å². The maximum atomic E-state index is 12.4. The van der Waals surface area contributed by atoms with Crippen LogP contribution in [0.2, 0.25) is 0 Å². The van der Waals surface area contributed by atoms with Gasteiger partial charge in [-0.25, -0.2) is 0 Å². The Kier molecular flexibility index (Phi) is 4.69. The average molecular weight is 334 g/mol. The molecule has 3 saturated carbocycles. The Morgan fingerprint density at radius 1 is 1.17 bits per heavy atom. The number of rotatable bonds is 5. The lowest BCUT2D eigenvalue weighted by atomic mass is 9.53. The summed E-state index contributed by atoms with van der Waals surface area (Å²) in [5.41, 5.74) is -0.105. The van der Waals surface area contributed by atoms with E-state index in [0.717, 1.165) is 18.4 Å². The van der Waals surface area contributed by atoms with Crippen LogP contribution in [0.3, 0.4) is 0 Å². The standard InChI is InChI=1S/C19H26O5/c1-18-9-11-19(12-10-18,14(15(18)20)16(21)22-2)24-17(23-3)13-7-5-4-6-8-13/h4-8,14-15,17,20H,9-12H2,1-3H3. The third-order valence-electron chi connectivity index (χ3n) is 5.92. The van der Waals surface area contributed by atoms with Crippen LogP contribution in [0, 0.1) is 11.3 Å². The predicted molar refractivity (Wildman–Crippen MR) is 88.1 cm³/mol. The van der Waals surface area contributed by atoms with Crippen molar-refractivity contribution in [2.45, 2.75) is 50.6 Å². The fraction of sp³-hybridized carbons (Fsp3) is 0.632. The average Bonchev–Trinajstić information content (AvgIpc) is 2.62. The van der Waals surface area contributed by atoms with Crippen LogP contribution in [0.1, 0.15) is 44.5 Å². The molecule has 0 spiro atoms. The SMILES string of the molecule is COC(=O)C1C(O)C2(C)CCC1(OC(OC)c1ccccc1)CC2. The first kappa shape index (κ1) is 17.4. The quantitative estimate of drug-likeness (QED) is 0.662. The molecular weight excluding hydrogens is 308 g/mol. The number of aliphatic hydroxyl groups is 1. The first-order chi connectivity index (χ1) is 11.5. The van der Waals surface area contributed by atoms with Crippen LogP contribution in [0.5, 0.6) is 0 Å². The molecule has 5 heteroatoms. The molecule has 0 heterocycles. The molecule has 3 atom stereocenters. The molecule has 1 aromatic carbocycles. The molecular formula is C19H26O5. The van der Waals surface area contributed by atoms with Crippen LogP contribution in [0.4, 0.5) is 0 Å². The molecule has 3 aliphatic rings. The zero-order valence-corrected chi connectivity index (χ0v) is 14.5. The number of hydrogen-bond acceptors (Lipinski definition) is 5. The zero-order chi connectivity index (χ0) is 17.4. The van der Waals surface area contributed by atoms with Crippen molar-refractivity contribution in [1.82, 2.24) is 0 Å². The second-order valence-electron chi connectivity index (χ2n) is 7.26. The highest BCUT2D eigenvalue weighted by Gasteiger charge is 2.62. The highest BCUT2D eigenvalue weighted by Crippen LogP contribution is 2.58. The van der Waals surface area contributed by atoms with E-state index in [2.05, 4.69) is 0 Å². The van der Waals surface area contributed by atoms with Crippen molar-refractivity contribution in [2.24, 2.45) is 11.3 Å². The van der Waals surface area contributed by atoms with Gasteiger partial charge in [0.15, 0.2) is 6.29 Å². The number of benzene rings is 1. The molecule has 24 heavy (non-hydrogen) atoms. The predicted octanol–water partition coefficient (Wildman–Crippen LogP) is 2.83. The summed E-state index contributed by atoms with van der Waals surface area (Å²) >= 11 is 0. The van der Waals surface area contributed by atoms with Crippen LogP contribution in [0.25, 0.3) is 0 Å². The molecule has 3 fully saturated rings. The Balaban J connectivity index is 1.92. The Morgan fingerprint density at radius 2 is 1.79 bits per heavy atom. The third kappa shape index (κ3) is 2.75. The Morgan fingerprint density at radius 3 is 2.33 bits per heavy atom. The number of esters is 1. The van der Waals surface area contributed by atoms with Gasteiger partial charge in [-0.2, -0.15) is 0 Å². The van der Waals surface area contributed by atoms with Gasteiger partial charge in [0.25, 0.3) is 0 Å². The molecule has 0 aliphatic heterocycles. The van der Waals surface area contributed by atoms with Crippen molar-refractivity contribution in [3.8, 4) is 0 Å². The highest BCUT2D eigenvalue weighted by atomic mass is 16.7. The van der Waals surface area contributed by atoms with E-state index in [1.54, 1.807) is 7.11 Å². The molecule has 0 amide bonds. The largest absolute Gasteiger partial charge is 0.469 e. The van der Waals surface area contributed by atoms with Gasteiger partial charge in [0.2, 0.25) is 0 Å². The Bertz CT molecular complexity index is 577. The van der Waals surface area contributed by atoms with Crippen molar-refractivity contribution in [3.05, 3.63) is 35.9 Å². The molecule has 3 unspecified atom stereocenters. The minimum atomic E-state index is -0.763. The van der Waals surface area contributed by atoms with Gasteiger partial charge in [-0.3, -0.25) is 4.79 Å². The van der Waals surface area contributed by atoms with Crippen molar-refractivity contribution >= 4 is 5.97 Å². The number of fused-ring (bicyclic) bond motifs is 3. The first-order valence-corrected chi connectivity index (χ1v) is 8.47. The fourth-order valence-corrected chi connectivity index (χ4v) is 4.28. The molecule has 1 aromatic rings. The van der Waals surface area contributed by atoms with E-state index in [4.69, 9.17) is 14.2 Å². The summed E-state index contributed by atoms with van der Waals surface area (Å²) in [5.74, 6) is -1.09. The van der Waals surface area contributed by atoms with Gasteiger partial charge in [-0.1, -0.05) is 37.3 Å². The summed E-state index contributed by atoms with van der Waals surface area (Å²) in [4.78, 5) is 12.4. The van der Waals surface area contributed by atoms with Crippen LogP contribution >= 0.6 is 0 Å². The summed E-state index contributed by atoms with van der Waals surface area (Å²) in [5, 5.41) is 10.8. The van der Waals surface area contributed by atoms with E-state index in [1.165, 1.54) is 7.11 Å². The first-order valence-electron chi connectivity index (χ1n) is 8.47. The van der Waals surface area contributed by atoms with Crippen molar-refractivity contribution in [2.75, 3.05) is 14.2 Å². The topological polar surface area (TPSA) is 65.0 Å². The van der Waals surface area contributed by atoms with E-state index in [0.29, 0.717) is 12.8 Å². The van der Waals surface area contributed by atoms with Crippen LogP contribution < -0.4 is 0 Å². The number of methoxy groups -OCH3 is 2. The number of hydrogen-bond donors (Lipinski definition) is 1. The Hall–Kier alpha value is -1.43. The number of carbonyl (C=O) groups excluding carboxylic acids is 1. The monoisotopic (exact) mass is 334 g/mol. The van der Waals surface area contributed by atoms with Gasteiger partial charge in [0.05, 0.1) is 18.8 Å². The van der Waals surface area contributed by atoms with Crippen molar-refractivity contribution < 1.29 is 24.1 Å². The maximum absolute atomic E-state index is 12.4. The van der Waals surface area contributed by atoms with Gasteiger partial charge in [-0.05, 0) is 31.1 Å². The second-order valence-corrected chi connectivity index (χ2v) is 7.26. The molecule has 0 radical (unpaired) electrons. The minimum absolute atomic E-state index is 0.251. The zero-order valence-electron chi connectivity index (χ0n) is 14.5. The number of carbonyl (C=O) groups is 1. The van der Waals surface area contributed by atoms with Crippen LogP contribution in [-0.4, -0.2) is 37.0 Å². The molecule has 0 aromatic heterocycles. The Labute approximate surface area is 142 Å². The second kappa shape index (κ2) is 6.47. The molecule has 2 bridgehead atoms. The van der Waals surface area contributed by atoms with E-state index in [9.17, 15) is 9.90 Å². The normalized spacial score (nSPS) is 36.3. The van der Waals surface area contributed by atoms with Gasteiger partial charge in [0, 0.05) is 12.7 Å². The molecule has 5 nitrogen and oxygen atoms in total.